The van der Waals surface area contributed by atoms with Crippen molar-refractivity contribution in [2.45, 2.75) is 19.3 Å². The minimum Gasteiger partial charge on any atom is -0.300 e. The first-order valence-corrected chi connectivity index (χ1v) is 19.3. The molecule has 1 aromatic heterocycles. The second-order valence-corrected chi connectivity index (χ2v) is 15.8. The van der Waals surface area contributed by atoms with Gasteiger partial charge >= 0.3 is 0 Å². The number of fused-ring (bicyclic) bond motifs is 8. The molecule has 0 radical (unpaired) electrons. The van der Waals surface area contributed by atoms with E-state index in [0.29, 0.717) is 5.71 Å². The smallest absolute Gasteiger partial charge is 0.0724 e. The average Bonchev–Trinajstić information content (AvgIpc) is 3.69. The summed E-state index contributed by atoms with van der Waals surface area (Å²) in [6.45, 7) is 4.74. The van der Waals surface area contributed by atoms with Crippen LogP contribution in [0.5, 0.6) is 0 Å². The first kappa shape index (κ1) is 32.2. The second kappa shape index (κ2) is 12.6. The fraction of sp³-hybridized carbons (Fsp3) is 0.0588. The highest BCUT2D eigenvalue weighted by molar-refractivity contribution is 7.25. The molecule has 0 bridgehead atoms. The molecule has 1 heterocycles. The van der Waals surface area contributed by atoms with Crippen LogP contribution in [0.3, 0.4) is 0 Å². The van der Waals surface area contributed by atoms with E-state index in [-0.39, 0.29) is 5.41 Å². The Bertz CT molecular complexity index is 3030. The lowest BCUT2D eigenvalue weighted by Gasteiger charge is -2.25. The van der Waals surface area contributed by atoms with Gasteiger partial charge in [0.25, 0.3) is 0 Å². The van der Waals surface area contributed by atoms with Crippen LogP contribution in [0.15, 0.2) is 175 Å². The maximum atomic E-state index is 9.03. The summed E-state index contributed by atoms with van der Waals surface area (Å²) >= 11 is 1.80. The molecule has 0 atom stereocenters. The van der Waals surface area contributed by atoms with E-state index in [9.17, 15) is 0 Å². The van der Waals surface area contributed by atoms with Crippen molar-refractivity contribution in [1.29, 1.82) is 5.41 Å². The van der Waals surface area contributed by atoms with Gasteiger partial charge in [0, 0.05) is 42.9 Å². The summed E-state index contributed by atoms with van der Waals surface area (Å²) in [5.41, 5.74) is 11.8. The fourth-order valence-electron chi connectivity index (χ4n) is 8.52. The summed E-state index contributed by atoms with van der Waals surface area (Å²) in [6, 6.07) is 58.4. The Morgan fingerprint density at radius 2 is 1.20 bits per heavy atom. The number of hydrogen-bond acceptors (Lipinski definition) is 3. The topological polar surface area (TPSA) is 36.2 Å². The highest BCUT2D eigenvalue weighted by Gasteiger charge is 2.38. The molecule has 54 heavy (non-hydrogen) atoms. The lowest BCUT2D eigenvalue weighted by Crippen LogP contribution is -2.16. The van der Waals surface area contributed by atoms with E-state index < -0.39 is 0 Å². The Balaban J connectivity index is 1.09. The largest absolute Gasteiger partial charge is 0.300 e. The van der Waals surface area contributed by atoms with E-state index in [2.05, 4.69) is 147 Å². The van der Waals surface area contributed by atoms with Crippen LogP contribution in [0.1, 0.15) is 41.7 Å². The van der Waals surface area contributed by atoms with Gasteiger partial charge in [-0.25, -0.2) is 0 Å². The van der Waals surface area contributed by atoms with Gasteiger partial charge in [-0.15, -0.1) is 11.3 Å². The van der Waals surface area contributed by atoms with Crippen LogP contribution < -0.4 is 0 Å². The van der Waals surface area contributed by atoms with Crippen molar-refractivity contribution in [3.05, 3.63) is 198 Å². The van der Waals surface area contributed by atoms with Gasteiger partial charge in [-0.3, -0.25) is 4.99 Å². The first-order chi connectivity index (χ1) is 26.4. The number of thiophene rings is 1. The Hall–Kier alpha value is -6.42. The molecule has 0 fully saturated rings. The maximum Gasteiger partial charge on any atom is 0.0724 e. The van der Waals surface area contributed by atoms with Crippen molar-refractivity contribution >= 4 is 70.7 Å². The van der Waals surface area contributed by atoms with Gasteiger partial charge in [0.15, 0.2) is 0 Å². The van der Waals surface area contributed by atoms with Crippen LogP contribution in [0, 0.1) is 5.41 Å². The molecule has 0 aliphatic heterocycles. The molecule has 1 N–H and O–H groups in total. The number of allylic oxidation sites excluding steroid dienone is 1. The molecule has 256 valence electrons. The summed E-state index contributed by atoms with van der Waals surface area (Å²) in [7, 11) is 0. The number of aliphatic imine (C=N–C) groups is 1. The third kappa shape index (κ3) is 5.23. The Morgan fingerprint density at radius 1 is 0.537 bits per heavy atom. The zero-order valence-corrected chi connectivity index (χ0v) is 30.9. The summed E-state index contributed by atoms with van der Waals surface area (Å²) in [6.07, 6.45) is 3.87. The van der Waals surface area contributed by atoms with Crippen LogP contribution in [-0.4, -0.2) is 11.9 Å². The van der Waals surface area contributed by atoms with E-state index in [0.717, 1.165) is 27.8 Å². The van der Waals surface area contributed by atoms with Crippen molar-refractivity contribution in [2.24, 2.45) is 4.99 Å². The van der Waals surface area contributed by atoms with Crippen LogP contribution >= 0.6 is 11.3 Å². The molecule has 2 nitrogen and oxygen atoms in total. The number of nitrogens with one attached hydrogen (secondary N) is 1. The fourth-order valence-corrected chi connectivity index (χ4v) is 9.66. The summed E-state index contributed by atoms with van der Waals surface area (Å²) in [5, 5.41) is 16.4. The van der Waals surface area contributed by atoms with E-state index in [1.165, 1.54) is 69.7 Å². The van der Waals surface area contributed by atoms with Gasteiger partial charge in [0.05, 0.1) is 11.4 Å². The minimum atomic E-state index is -0.162. The SMILES string of the molecule is CC1(C)c2cc3ccccc3cc2-c2cccc(-c3ccc(C=N/C(=C\C(=N)c4ccccc4)c4ccc5c(c4)sc4ccccc45)c4ccccc34)c21. The lowest BCUT2D eigenvalue weighted by molar-refractivity contribution is 0.663. The minimum absolute atomic E-state index is 0.162. The number of benzene rings is 8. The molecule has 0 amide bonds. The standard InChI is InChI=1S/C51H36N2S/c1-51(2)45-28-34-16-7-6-15-33(34)27-44(45)43-21-12-20-42(50(43)51)39-25-24-36(37-17-8-9-18-38(37)39)31-53-47(30-46(52)32-13-4-3-5-14-32)35-23-26-41-40-19-10-11-22-48(40)54-49(41)29-35/h3-31,52H,1-2H3/b47-30-,52-46?,53-31?. The molecule has 8 aromatic carbocycles. The van der Waals surface area contributed by atoms with E-state index in [1.807, 2.05) is 42.6 Å². The average molecular weight is 709 g/mol. The molecule has 3 heteroatoms. The highest BCUT2D eigenvalue weighted by atomic mass is 32.1. The van der Waals surface area contributed by atoms with Crippen LogP contribution in [0.4, 0.5) is 0 Å². The molecule has 10 rings (SSSR count). The van der Waals surface area contributed by atoms with Crippen molar-refractivity contribution in [3.63, 3.8) is 0 Å². The summed E-state index contributed by atoms with van der Waals surface area (Å²) < 4.78 is 2.48. The molecule has 0 unspecified atom stereocenters. The summed E-state index contributed by atoms with van der Waals surface area (Å²) in [4.78, 5) is 5.18. The van der Waals surface area contributed by atoms with E-state index >= 15 is 0 Å². The molecule has 9 aromatic rings. The Kier molecular flexibility index (Phi) is 7.53. The predicted octanol–water partition coefficient (Wildman–Crippen LogP) is 13.9. The second-order valence-electron chi connectivity index (χ2n) is 14.7. The molecular weight excluding hydrogens is 673 g/mol. The molecule has 0 saturated heterocycles. The van der Waals surface area contributed by atoms with Gasteiger partial charge in [-0.05, 0) is 90.8 Å². The number of hydrogen-bond donors (Lipinski definition) is 1. The zero-order valence-electron chi connectivity index (χ0n) is 30.1. The lowest BCUT2D eigenvalue weighted by atomic mass is 9.78. The monoisotopic (exact) mass is 708 g/mol. The van der Waals surface area contributed by atoms with Crippen LogP contribution in [0.25, 0.3) is 69.7 Å². The van der Waals surface area contributed by atoms with Crippen molar-refractivity contribution in [2.75, 3.05) is 0 Å². The predicted molar refractivity (Wildman–Crippen MR) is 233 cm³/mol. The molecule has 0 saturated carbocycles. The van der Waals surface area contributed by atoms with Gasteiger partial charge in [-0.1, -0.05) is 153 Å². The van der Waals surface area contributed by atoms with Gasteiger partial charge in [0.2, 0.25) is 0 Å². The molecule has 1 aliphatic rings. The first-order valence-electron chi connectivity index (χ1n) is 18.4. The number of nitrogens with zero attached hydrogens (tertiary/aromatic N) is 1. The summed E-state index contributed by atoms with van der Waals surface area (Å²) in [5.74, 6) is 0. The molecule has 1 aliphatic carbocycles. The van der Waals surface area contributed by atoms with Crippen molar-refractivity contribution < 1.29 is 0 Å². The third-order valence-corrected chi connectivity index (χ3v) is 12.3. The third-order valence-electron chi connectivity index (χ3n) is 11.2. The van der Waals surface area contributed by atoms with E-state index in [1.54, 1.807) is 11.3 Å². The quantitative estimate of drug-likeness (QED) is 0.167. The highest BCUT2D eigenvalue weighted by Crippen LogP contribution is 2.53. The van der Waals surface area contributed by atoms with Crippen LogP contribution in [-0.2, 0) is 5.41 Å². The van der Waals surface area contributed by atoms with Gasteiger partial charge in [-0.2, -0.15) is 0 Å². The Labute approximate surface area is 318 Å². The van der Waals surface area contributed by atoms with E-state index in [4.69, 9.17) is 10.4 Å². The van der Waals surface area contributed by atoms with Gasteiger partial charge in [0.1, 0.15) is 0 Å². The maximum absolute atomic E-state index is 9.03. The van der Waals surface area contributed by atoms with Crippen molar-refractivity contribution in [3.8, 4) is 22.3 Å². The van der Waals surface area contributed by atoms with Crippen molar-refractivity contribution in [1.82, 2.24) is 0 Å². The van der Waals surface area contributed by atoms with Gasteiger partial charge < -0.3 is 5.41 Å². The zero-order chi connectivity index (χ0) is 36.4. The number of rotatable bonds is 6. The molecular formula is C51H36N2S. The van der Waals surface area contributed by atoms with Crippen LogP contribution in [0.2, 0.25) is 0 Å². The Morgan fingerprint density at radius 3 is 2.02 bits per heavy atom. The normalized spacial score (nSPS) is 13.6. The molecule has 0 spiro atoms.